The fourth-order valence-electron chi connectivity index (χ4n) is 1.33. The molecule has 0 bridgehead atoms. The van der Waals surface area contributed by atoms with Crippen molar-refractivity contribution in [2.24, 2.45) is 5.73 Å². The predicted octanol–water partition coefficient (Wildman–Crippen LogP) is 1.95. The summed E-state index contributed by atoms with van der Waals surface area (Å²) in [6, 6.07) is 7.81. The Hall–Kier alpha value is -1.88. The molecule has 3 N–H and O–H groups in total. The van der Waals surface area contributed by atoms with Crippen LogP contribution in [0.5, 0.6) is 0 Å². The summed E-state index contributed by atoms with van der Waals surface area (Å²) in [7, 11) is 1.86. The third kappa shape index (κ3) is 2.04. The number of hydrogen-bond donors (Lipinski definition) is 2. The highest BCUT2D eigenvalue weighted by atomic mass is 32.1. The Morgan fingerprint density at radius 2 is 2.06 bits per heavy atom. The Bertz CT molecular complexity index is 504. The molecular formula is C11H11N3OS. The largest absolute Gasteiger partial charge is 0.388 e. The molecule has 82 valence electrons. The molecule has 0 radical (unpaired) electrons. The number of nitrogens with one attached hydrogen (secondary N) is 1. The number of primary amides is 1. The number of amides is 1. The average molecular weight is 233 g/mol. The number of nitrogens with zero attached hydrogens (tertiary/aromatic N) is 1. The van der Waals surface area contributed by atoms with E-state index >= 15 is 0 Å². The zero-order chi connectivity index (χ0) is 11.5. The molecule has 0 fully saturated rings. The van der Waals surface area contributed by atoms with E-state index in [1.807, 2.05) is 36.7 Å². The lowest BCUT2D eigenvalue weighted by Gasteiger charge is -2.00. The molecule has 16 heavy (non-hydrogen) atoms. The van der Waals surface area contributed by atoms with Crippen molar-refractivity contribution in [2.75, 3.05) is 12.4 Å². The minimum Gasteiger partial charge on any atom is -0.388 e. The maximum Gasteiger partial charge on any atom is 0.277 e. The molecule has 4 nitrogen and oxygen atoms in total. The zero-order valence-corrected chi connectivity index (χ0v) is 9.54. The van der Waals surface area contributed by atoms with Gasteiger partial charge in [0.2, 0.25) is 0 Å². The van der Waals surface area contributed by atoms with Crippen LogP contribution in [0.2, 0.25) is 0 Å². The van der Waals surface area contributed by atoms with Gasteiger partial charge in [-0.2, -0.15) is 0 Å². The second kappa shape index (κ2) is 4.32. The van der Waals surface area contributed by atoms with Gasteiger partial charge in [0.05, 0.1) is 5.69 Å². The minimum atomic E-state index is -0.483. The van der Waals surface area contributed by atoms with Gasteiger partial charge >= 0.3 is 0 Å². The van der Waals surface area contributed by atoms with E-state index in [2.05, 4.69) is 10.3 Å². The topological polar surface area (TPSA) is 68.0 Å². The summed E-state index contributed by atoms with van der Waals surface area (Å²) in [6.07, 6.45) is 0. The van der Waals surface area contributed by atoms with Crippen LogP contribution < -0.4 is 11.1 Å². The molecule has 0 unspecified atom stereocenters. The molecule has 2 rings (SSSR count). The normalized spacial score (nSPS) is 10.1. The molecule has 5 heteroatoms. The second-order valence-corrected chi connectivity index (χ2v) is 4.09. The molecule has 0 saturated heterocycles. The molecule has 1 aromatic heterocycles. The van der Waals surface area contributed by atoms with Gasteiger partial charge < -0.3 is 11.1 Å². The van der Waals surface area contributed by atoms with Crippen molar-refractivity contribution >= 4 is 22.9 Å². The molecule has 1 amide bonds. The van der Waals surface area contributed by atoms with E-state index in [1.54, 1.807) is 0 Å². The van der Waals surface area contributed by atoms with E-state index in [-0.39, 0.29) is 0 Å². The van der Waals surface area contributed by atoms with Gasteiger partial charge in [-0.25, -0.2) is 4.98 Å². The predicted molar refractivity (Wildman–Crippen MR) is 65.6 cm³/mol. The first kappa shape index (κ1) is 10.6. The number of hydrogen-bond acceptors (Lipinski definition) is 4. The summed E-state index contributed by atoms with van der Waals surface area (Å²) in [5.74, 6) is -0.483. The van der Waals surface area contributed by atoms with Gasteiger partial charge in [-0.3, -0.25) is 4.79 Å². The van der Waals surface area contributed by atoms with Gasteiger partial charge in [0.25, 0.3) is 5.91 Å². The standard InChI is InChI=1S/C11H11N3OS/c1-13-8-4-2-7(3-5-8)9-6-16-11(14-9)10(12)15/h2-6,13H,1H3,(H2,12,15). The van der Waals surface area contributed by atoms with Crippen LogP contribution in [0.1, 0.15) is 9.80 Å². The summed E-state index contributed by atoms with van der Waals surface area (Å²) in [5, 5.41) is 5.21. The van der Waals surface area contributed by atoms with E-state index in [0.29, 0.717) is 5.01 Å². The number of anilines is 1. The van der Waals surface area contributed by atoms with Crippen LogP contribution in [0.25, 0.3) is 11.3 Å². The minimum absolute atomic E-state index is 0.340. The molecule has 1 heterocycles. The van der Waals surface area contributed by atoms with Crippen molar-refractivity contribution in [3.05, 3.63) is 34.7 Å². The average Bonchev–Trinajstić information content (AvgIpc) is 2.78. The zero-order valence-electron chi connectivity index (χ0n) is 8.73. The van der Waals surface area contributed by atoms with E-state index in [4.69, 9.17) is 5.73 Å². The Morgan fingerprint density at radius 1 is 1.38 bits per heavy atom. The van der Waals surface area contributed by atoms with Crippen LogP contribution in [-0.4, -0.2) is 17.9 Å². The number of rotatable bonds is 3. The van der Waals surface area contributed by atoms with E-state index in [9.17, 15) is 4.79 Å². The fourth-order valence-corrected chi connectivity index (χ4v) is 2.01. The smallest absolute Gasteiger partial charge is 0.277 e. The summed E-state index contributed by atoms with van der Waals surface area (Å²) in [6.45, 7) is 0. The van der Waals surface area contributed by atoms with Gasteiger partial charge in [0.15, 0.2) is 5.01 Å². The maximum absolute atomic E-state index is 10.9. The van der Waals surface area contributed by atoms with Crippen LogP contribution in [0, 0.1) is 0 Å². The Balaban J connectivity index is 2.31. The second-order valence-electron chi connectivity index (χ2n) is 3.23. The molecule has 0 aliphatic heterocycles. The highest BCUT2D eigenvalue weighted by Crippen LogP contribution is 2.23. The van der Waals surface area contributed by atoms with E-state index < -0.39 is 5.91 Å². The van der Waals surface area contributed by atoms with Crippen molar-refractivity contribution in [1.29, 1.82) is 0 Å². The lowest BCUT2D eigenvalue weighted by molar-refractivity contribution is 0.1000. The molecule has 0 saturated carbocycles. The molecule has 2 aromatic rings. The SMILES string of the molecule is CNc1ccc(-c2csc(C(N)=O)n2)cc1. The van der Waals surface area contributed by atoms with Gasteiger partial charge in [-0.05, 0) is 12.1 Å². The summed E-state index contributed by atoms with van der Waals surface area (Å²) in [5.41, 5.74) is 7.94. The van der Waals surface area contributed by atoms with Crippen molar-refractivity contribution in [3.63, 3.8) is 0 Å². The van der Waals surface area contributed by atoms with Crippen LogP contribution >= 0.6 is 11.3 Å². The molecule has 0 atom stereocenters. The Kier molecular flexibility index (Phi) is 2.87. The van der Waals surface area contributed by atoms with Crippen LogP contribution in [-0.2, 0) is 0 Å². The van der Waals surface area contributed by atoms with Crippen molar-refractivity contribution in [3.8, 4) is 11.3 Å². The first-order valence-corrected chi connectivity index (χ1v) is 5.62. The fraction of sp³-hybridized carbons (Fsp3) is 0.0909. The van der Waals surface area contributed by atoms with Crippen LogP contribution in [0.4, 0.5) is 5.69 Å². The lowest BCUT2D eigenvalue weighted by Crippen LogP contribution is -2.10. The molecule has 1 aromatic carbocycles. The monoisotopic (exact) mass is 233 g/mol. The van der Waals surface area contributed by atoms with Crippen molar-refractivity contribution in [2.45, 2.75) is 0 Å². The third-order valence-corrected chi connectivity index (χ3v) is 3.04. The van der Waals surface area contributed by atoms with Crippen molar-refractivity contribution in [1.82, 2.24) is 4.98 Å². The Morgan fingerprint density at radius 3 is 2.56 bits per heavy atom. The molecule has 0 aliphatic carbocycles. The van der Waals surface area contributed by atoms with E-state index in [1.165, 1.54) is 11.3 Å². The van der Waals surface area contributed by atoms with Crippen LogP contribution in [0.3, 0.4) is 0 Å². The van der Waals surface area contributed by atoms with E-state index in [0.717, 1.165) is 16.9 Å². The van der Waals surface area contributed by atoms with Gasteiger partial charge in [0.1, 0.15) is 0 Å². The first-order valence-electron chi connectivity index (χ1n) is 4.74. The number of thiazole rings is 1. The first-order chi connectivity index (χ1) is 7.70. The van der Waals surface area contributed by atoms with Gasteiger partial charge in [-0.1, -0.05) is 12.1 Å². The van der Waals surface area contributed by atoms with Gasteiger partial charge in [0, 0.05) is 23.7 Å². The van der Waals surface area contributed by atoms with Gasteiger partial charge in [-0.15, -0.1) is 11.3 Å². The third-order valence-electron chi connectivity index (χ3n) is 2.18. The molecule has 0 spiro atoms. The molecular weight excluding hydrogens is 222 g/mol. The number of carbonyl (C=O) groups is 1. The van der Waals surface area contributed by atoms with Crippen molar-refractivity contribution < 1.29 is 4.79 Å². The Labute approximate surface area is 97.1 Å². The number of nitrogens with two attached hydrogens (primary N) is 1. The maximum atomic E-state index is 10.9. The highest BCUT2D eigenvalue weighted by molar-refractivity contribution is 7.12. The lowest BCUT2D eigenvalue weighted by atomic mass is 10.1. The molecule has 0 aliphatic rings. The number of benzene rings is 1. The van der Waals surface area contributed by atoms with Crippen LogP contribution in [0.15, 0.2) is 29.6 Å². The number of aromatic nitrogens is 1. The number of carbonyl (C=O) groups excluding carboxylic acids is 1. The highest BCUT2D eigenvalue weighted by Gasteiger charge is 2.08. The quantitative estimate of drug-likeness (QED) is 0.851. The summed E-state index contributed by atoms with van der Waals surface area (Å²) >= 11 is 1.26. The summed E-state index contributed by atoms with van der Waals surface area (Å²) in [4.78, 5) is 15.1. The summed E-state index contributed by atoms with van der Waals surface area (Å²) < 4.78 is 0.